The zero-order valence-electron chi connectivity index (χ0n) is 19.8. The lowest BCUT2D eigenvalue weighted by atomic mass is 10.2. The Morgan fingerprint density at radius 1 is 1.09 bits per heavy atom. The zero-order valence-corrected chi connectivity index (χ0v) is 19.4. The lowest BCUT2D eigenvalue weighted by Crippen LogP contribution is -2.46. The first-order valence-electron chi connectivity index (χ1n) is 11.5. The number of hydrogen-bond acceptors (Lipinski definition) is 7. The molecule has 0 unspecified atom stereocenters. The van der Waals surface area contributed by atoms with E-state index in [1.54, 1.807) is 18.2 Å². The highest BCUT2D eigenvalue weighted by atomic mass is 35.5. The Hall–Kier alpha value is -3.07. The molecule has 170 valence electrons. The predicted octanol–water partition coefficient (Wildman–Crippen LogP) is 3.99. The number of carbonyl (C=O) groups excluding carboxylic acids is 1. The van der Waals surface area contributed by atoms with Crippen LogP contribution >= 0.6 is 23.2 Å². The largest absolute Gasteiger partial charge is 0.369 e. The van der Waals surface area contributed by atoms with Crippen LogP contribution in [0.2, 0.25) is 10.0 Å². The Morgan fingerprint density at radius 2 is 1.79 bits per heavy atom. The minimum Gasteiger partial charge on any atom is -0.369 e. The van der Waals surface area contributed by atoms with E-state index in [0.29, 0.717) is 0 Å². The summed E-state index contributed by atoms with van der Waals surface area (Å²) in [7, 11) is 1.52. The van der Waals surface area contributed by atoms with Gasteiger partial charge in [0, 0.05) is 50.8 Å². The monoisotopic (exact) mass is 485 g/mol. The number of rotatable bonds is 4. The molecule has 2 N–H and O–H groups in total. The number of amides is 1. The maximum Gasteiger partial charge on any atom is 0.265 e. The van der Waals surface area contributed by atoms with E-state index in [-0.39, 0.29) is 33.1 Å². The first kappa shape index (κ1) is 19.4. The molecule has 0 saturated carbocycles. The van der Waals surface area contributed by atoms with Crippen LogP contribution in [0.25, 0.3) is 0 Å². The van der Waals surface area contributed by atoms with Gasteiger partial charge in [-0.25, -0.2) is 4.98 Å². The van der Waals surface area contributed by atoms with Gasteiger partial charge in [0.1, 0.15) is 11.4 Å². The number of benzene rings is 2. The minimum atomic E-state index is -2.28. The van der Waals surface area contributed by atoms with Crippen molar-refractivity contribution < 1.29 is 7.54 Å². The van der Waals surface area contributed by atoms with Gasteiger partial charge < -0.3 is 20.4 Å². The van der Waals surface area contributed by atoms with Crippen molar-refractivity contribution in [2.45, 2.75) is 0 Å². The molecule has 5 rings (SSSR count). The smallest absolute Gasteiger partial charge is 0.265 e. The summed E-state index contributed by atoms with van der Waals surface area (Å²) in [5, 5.41) is 6.80. The number of carbonyl (C=O) groups is 1. The molecular formula is C23H23Cl2N7O. The van der Waals surface area contributed by atoms with Crippen molar-refractivity contribution in [3.05, 3.63) is 64.3 Å². The molecule has 3 heterocycles. The predicted molar refractivity (Wildman–Crippen MR) is 133 cm³/mol. The summed E-state index contributed by atoms with van der Waals surface area (Å²) in [6.07, 6.45) is 1.38. The maximum absolute atomic E-state index is 13.4. The van der Waals surface area contributed by atoms with Crippen molar-refractivity contribution in [1.29, 1.82) is 0 Å². The Bertz CT molecular complexity index is 1250. The first-order chi connectivity index (χ1) is 16.8. The molecule has 0 atom stereocenters. The molecule has 2 aliphatic heterocycles. The van der Waals surface area contributed by atoms with Gasteiger partial charge in [-0.1, -0.05) is 29.3 Å². The Kier molecular flexibility index (Phi) is 5.32. The van der Waals surface area contributed by atoms with Gasteiger partial charge in [0.25, 0.3) is 5.91 Å². The molecule has 2 aliphatic rings. The second-order valence-corrected chi connectivity index (χ2v) is 8.52. The molecule has 0 spiro atoms. The van der Waals surface area contributed by atoms with Gasteiger partial charge in [0.2, 0.25) is 5.95 Å². The van der Waals surface area contributed by atoms with Crippen LogP contribution in [0.3, 0.4) is 0 Å². The number of fused-ring (bicyclic) bond motifs is 1. The van der Waals surface area contributed by atoms with E-state index in [2.05, 4.69) is 25.5 Å². The lowest BCUT2D eigenvalue weighted by molar-refractivity contribution is 0.0982. The van der Waals surface area contributed by atoms with Gasteiger partial charge in [-0.3, -0.25) is 9.69 Å². The third-order valence-electron chi connectivity index (χ3n) is 5.54. The van der Waals surface area contributed by atoms with E-state index in [4.69, 9.17) is 25.9 Å². The number of halogens is 2. The molecule has 0 radical (unpaired) electrons. The number of hydrogen-bond donors (Lipinski definition) is 2. The van der Waals surface area contributed by atoms with E-state index in [0.717, 1.165) is 42.5 Å². The molecule has 8 nitrogen and oxygen atoms in total. The highest BCUT2D eigenvalue weighted by Gasteiger charge is 2.32. The number of para-hydroxylation sites is 1. The van der Waals surface area contributed by atoms with Crippen LogP contribution in [0.5, 0.6) is 0 Å². The van der Waals surface area contributed by atoms with E-state index in [1.807, 2.05) is 24.3 Å². The molecule has 1 saturated heterocycles. The Labute approximate surface area is 204 Å². The average molecular weight is 486 g/mol. The van der Waals surface area contributed by atoms with Gasteiger partial charge in [-0.15, -0.1) is 0 Å². The van der Waals surface area contributed by atoms with Crippen LogP contribution in [0, 0.1) is 0 Å². The number of anilines is 5. The van der Waals surface area contributed by atoms with E-state index < -0.39 is 12.5 Å². The molecule has 0 bridgehead atoms. The Balaban J connectivity index is 1.43. The van der Waals surface area contributed by atoms with Crippen LogP contribution < -0.4 is 25.3 Å². The van der Waals surface area contributed by atoms with Crippen LogP contribution in [-0.2, 0) is 0 Å². The normalized spacial score (nSPS) is 18.5. The molecule has 1 aromatic heterocycles. The van der Waals surface area contributed by atoms with E-state index in [9.17, 15) is 4.79 Å². The standard InChI is InChI=1S/C23H23Cl2N7O/c1-30-14-32(20-18(24)3-2-4-19(20)25)22(33)17-13-27-23(29-21(17)30)28-15-5-7-16(8-6-15)31-11-9-26-10-12-31/h2-8,13,26H,9-12,14H2,1H3,(H,27,28,29)/i14D2. The van der Waals surface area contributed by atoms with Gasteiger partial charge in [-0.05, 0) is 36.4 Å². The third-order valence-corrected chi connectivity index (χ3v) is 6.15. The highest BCUT2D eigenvalue weighted by Crippen LogP contribution is 2.37. The molecule has 1 amide bonds. The molecule has 1 fully saturated rings. The Morgan fingerprint density at radius 3 is 2.48 bits per heavy atom. The van der Waals surface area contributed by atoms with Crippen molar-refractivity contribution in [2.75, 3.05) is 59.9 Å². The fraction of sp³-hybridized carbons (Fsp3) is 0.261. The van der Waals surface area contributed by atoms with E-state index >= 15 is 0 Å². The summed E-state index contributed by atoms with van der Waals surface area (Å²) < 4.78 is 17.4. The SMILES string of the molecule is [2H]C1([2H])N(C)c2nc(Nc3ccc(N4CCNCC4)cc3)ncc2C(=O)N1c1c(Cl)cccc1Cl. The summed E-state index contributed by atoms with van der Waals surface area (Å²) in [5.41, 5.74) is 2.15. The quantitative estimate of drug-likeness (QED) is 0.578. The second-order valence-electron chi connectivity index (χ2n) is 7.71. The van der Waals surface area contributed by atoms with Crippen molar-refractivity contribution in [3.63, 3.8) is 0 Å². The number of aromatic nitrogens is 2. The average Bonchev–Trinajstić information content (AvgIpc) is 2.85. The zero-order chi connectivity index (χ0) is 24.7. The summed E-state index contributed by atoms with van der Waals surface area (Å²) in [6, 6.07) is 12.7. The third kappa shape index (κ3) is 4.29. The fourth-order valence-electron chi connectivity index (χ4n) is 3.86. The minimum absolute atomic E-state index is 0.0927. The van der Waals surface area contributed by atoms with Gasteiger partial charge in [-0.2, -0.15) is 4.98 Å². The van der Waals surface area contributed by atoms with E-state index in [1.165, 1.54) is 18.1 Å². The summed E-state index contributed by atoms with van der Waals surface area (Å²) in [5.74, 6) is -0.224. The maximum atomic E-state index is 13.4. The molecular weight excluding hydrogens is 461 g/mol. The summed E-state index contributed by atoms with van der Waals surface area (Å²) >= 11 is 12.6. The fourth-order valence-corrected chi connectivity index (χ4v) is 4.43. The van der Waals surface area contributed by atoms with Crippen LogP contribution in [0.15, 0.2) is 48.7 Å². The van der Waals surface area contributed by atoms with Crippen LogP contribution in [-0.4, -0.2) is 55.7 Å². The van der Waals surface area contributed by atoms with Gasteiger partial charge >= 0.3 is 0 Å². The molecule has 10 heteroatoms. The second kappa shape index (κ2) is 9.05. The van der Waals surface area contributed by atoms with Gasteiger partial charge in [0.05, 0.1) is 25.1 Å². The molecule has 33 heavy (non-hydrogen) atoms. The molecule has 2 aromatic carbocycles. The number of nitrogens with zero attached hydrogens (tertiary/aromatic N) is 5. The number of nitrogens with one attached hydrogen (secondary N) is 2. The van der Waals surface area contributed by atoms with Crippen molar-refractivity contribution in [1.82, 2.24) is 15.3 Å². The highest BCUT2D eigenvalue weighted by molar-refractivity contribution is 6.40. The van der Waals surface area contributed by atoms with Crippen LogP contribution in [0.4, 0.5) is 28.8 Å². The van der Waals surface area contributed by atoms with Crippen molar-refractivity contribution >= 4 is 57.9 Å². The summed E-state index contributed by atoms with van der Waals surface area (Å²) in [6.45, 7) is 1.56. The molecule has 0 aliphatic carbocycles. The van der Waals surface area contributed by atoms with Crippen molar-refractivity contribution in [2.24, 2.45) is 0 Å². The summed E-state index contributed by atoms with van der Waals surface area (Å²) in [4.78, 5) is 26.6. The van der Waals surface area contributed by atoms with Crippen molar-refractivity contribution in [3.8, 4) is 0 Å². The topological polar surface area (TPSA) is 76.6 Å². The molecule has 3 aromatic rings. The van der Waals surface area contributed by atoms with Crippen LogP contribution in [0.1, 0.15) is 13.1 Å². The van der Waals surface area contributed by atoms with Gasteiger partial charge in [0.15, 0.2) is 0 Å². The first-order valence-corrected chi connectivity index (χ1v) is 11.2. The lowest BCUT2D eigenvalue weighted by Gasteiger charge is -2.35. The number of piperazine rings is 1.